The number of nitrogens with zero attached hydrogens (tertiary/aromatic N) is 1. The Morgan fingerprint density at radius 3 is 2.80 bits per heavy atom. The van der Waals surface area contributed by atoms with Crippen molar-refractivity contribution in [3.05, 3.63) is 42.2 Å². The van der Waals surface area contributed by atoms with Crippen molar-refractivity contribution in [3.63, 3.8) is 0 Å². The van der Waals surface area contributed by atoms with E-state index in [1.165, 1.54) is 0 Å². The van der Waals surface area contributed by atoms with Gasteiger partial charge < -0.3 is 4.74 Å². The topological polar surface area (TPSA) is 60.2 Å². The van der Waals surface area contributed by atoms with E-state index in [0.29, 0.717) is 6.42 Å². The molecule has 3 N–H and O–H groups in total. The van der Waals surface area contributed by atoms with Gasteiger partial charge in [0.05, 0.1) is 6.04 Å². The second-order valence-corrected chi connectivity index (χ2v) is 4.42. The summed E-state index contributed by atoms with van der Waals surface area (Å²) in [7, 11) is 0. The molecule has 1 aromatic heterocycles. The van der Waals surface area contributed by atoms with Gasteiger partial charge >= 0.3 is 0 Å². The lowest BCUT2D eigenvalue weighted by Gasteiger charge is -2.18. The number of aromatic nitrogens is 1. The van der Waals surface area contributed by atoms with Gasteiger partial charge in [-0.2, -0.15) is 0 Å². The van der Waals surface area contributed by atoms with Crippen molar-refractivity contribution < 1.29 is 13.5 Å². The van der Waals surface area contributed by atoms with E-state index in [1.807, 2.05) is 24.3 Å². The molecular formula is C14H17F2N3O. The molecule has 4 nitrogen and oxygen atoms in total. The van der Waals surface area contributed by atoms with E-state index in [9.17, 15) is 8.78 Å². The molecule has 20 heavy (non-hydrogen) atoms. The predicted molar refractivity (Wildman–Crippen MR) is 73.2 cm³/mol. The molecule has 0 saturated carbocycles. The monoisotopic (exact) mass is 281 g/mol. The van der Waals surface area contributed by atoms with E-state index in [2.05, 4.69) is 10.4 Å². The van der Waals surface area contributed by atoms with Crippen LogP contribution >= 0.6 is 0 Å². The van der Waals surface area contributed by atoms with Gasteiger partial charge in [0.15, 0.2) is 0 Å². The van der Waals surface area contributed by atoms with E-state index in [0.717, 1.165) is 16.3 Å². The zero-order valence-corrected chi connectivity index (χ0v) is 10.9. The molecule has 1 unspecified atom stereocenters. The summed E-state index contributed by atoms with van der Waals surface area (Å²) < 4.78 is 28.9. The molecule has 0 aliphatic heterocycles. The van der Waals surface area contributed by atoms with Gasteiger partial charge in [0.2, 0.25) is 0 Å². The molecule has 1 atom stereocenters. The zero-order valence-electron chi connectivity index (χ0n) is 10.9. The molecule has 108 valence electrons. The Hall–Kier alpha value is -1.63. The average molecular weight is 281 g/mol. The lowest BCUT2D eigenvalue weighted by molar-refractivity contribution is 0.0144. The standard InChI is InChI=1S/C14H17F2N3O/c15-14(16)9-20-6-5-13(19-17)12-8-18-7-10-3-1-2-4-11(10)12/h1-4,7-8,13-14,19H,5-6,9,17H2. The summed E-state index contributed by atoms with van der Waals surface area (Å²) in [5, 5.41) is 2.05. The molecule has 1 aromatic carbocycles. The first-order valence-corrected chi connectivity index (χ1v) is 6.37. The van der Waals surface area contributed by atoms with Crippen molar-refractivity contribution in [2.75, 3.05) is 13.2 Å². The van der Waals surface area contributed by atoms with E-state index < -0.39 is 13.0 Å². The molecule has 0 aliphatic rings. The molecule has 0 aliphatic carbocycles. The number of alkyl halides is 2. The summed E-state index contributed by atoms with van der Waals surface area (Å²) in [5.41, 5.74) is 3.63. The van der Waals surface area contributed by atoms with E-state index in [4.69, 9.17) is 10.6 Å². The summed E-state index contributed by atoms with van der Waals surface area (Å²) in [6, 6.07) is 7.63. The van der Waals surface area contributed by atoms with Crippen LogP contribution in [0.4, 0.5) is 8.78 Å². The highest BCUT2D eigenvalue weighted by molar-refractivity contribution is 5.85. The summed E-state index contributed by atoms with van der Waals surface area (Å²) in [6.45, 7) is -0.340. The molecule has 1 heterocycles. The Kier molecular flexibility index (Phi) is 5.34. The lowest BCUT2D eigenvalue weighted by Crippen LogP contribution is -2.29. The second kappa shape index (κ2) is 7.23. The maximum Gasteiger partial charge on any atom is 0.261 e. The van der Waals surface area contributed by atoms with Gasteiger partial charge in [0, 0.05) is 24.4 Å². The highest BCUT2D eigenvalue weighted by Crippen LogP contribution is 2.24. The fraction of sp³-hybridized carbons (Fsp3) is 0.357. The quantitative estimate of drug-likeness (QED) is 0.465. The lowest BCUT2D eigenvalue weighted by atomic mass is 10.0. The fourth-order valence-corrected chi connectivity index (χ4v) is 2.12. The SMILES string of the molecule is NNC(CCOCC(F)F)c1cncc2ccccc12. The number of benzene rings is 1. The first-order valence-electron chi connectivity index (χ1n) is 6.37. The zero-order chi connectivity index (χ0) is 14.4. The largest absolute Gasteiger partial charge is 0.375 e. The van der Waals surface area contributed by atoms with Gasteiger partial charge in [-0.3, -0.25) is 16.3 Å². The highest BCUT2D eigenvalue weighted by Gasteiger charge is 2.13. The number of hydrogen-bond donors (Lipinski definition) is 2. The third-order valence-electron chi connectivity index (χ3n) is 3.07. The van der Waals surface area contributed by atoms with Gasteiger partial charge in [-0.25, -0.2) is 8.78 Å². The van der Waals surface area contributed by atoms with Crippen molar-refractivity contribution in [2.45, 2.75) is 18.9 Å². The maximum atomic E-state index is 12.0. The average Bonchev–Trinajstić information content (AvgIpc) is 2.47. The van der Waals surface area contributed by atoms with Gasteiger partial charge in [-0.1, -0.05) is 24.3 Å². The normalized spacial score (nSPS) is 13.0. The number of fused-ring (bicyclic) bond motifs is 1. The summed E-state index contributed by atoms with van der Waals surface area (Å²) in [5.74, 6) is 5.56. The smallest absolute Gasteiger partial charge is 0.261 e. The number of nitrogens with two attached hydrogens (primary N) is 1. The van der Waals surface area contributed by atoms with Crippen molar-refractivity contribution in [3.8, 4) is 0 Å². The van der Waals surface area contributed by atoms with Crippen LogP contribution in [0.25, 0.3) is 10.8 Å². The molecule has 0 saturated heterocycles. The minimum Gasteiger partial charge on any atom is -0.375 e. The number of halogens is 2. The van der Waals surface area contributed by atoms with Crippen molar-refractivity contribution in [2.24, 2.45) is 5.84 Å². The number of hydrazine groups is 1. The highest BCUT2D eigenvalue weighted by atomic mass is 19.3. The Labute approximate surface area is 115 Å². The van der Waals surface area contributed by atoms with Crippen LogP contribution in [0.1, 0.15) is 18.0 Å². The minimum absolute atomic E-state index is 0.189. The predicted octanol–water partition coefficient (Wildman–Crippen LogP) is 2.41. The van der Waals surface area contributed by atoms with Gasteiger partial charge in [0.1, 0.15) is 6.61 Å². The van der Waals surface area contributed by atoms with E-state index in [-0.39, 0.29) is 12.6 Å². The fourth-order valence-electron chi connectivity index (χ4n) is 2.12. The first kappa shape index (κ1) is 14.8. The van der Waals surface area contributed by atoms with Crippen LogP contribution in [0.15, 0.2) is 36.7 Å². The van der Waals surface area contributed by atoms with Crippen LogP contribution in [0.2, 0.25) is 0 Å². The van der Waals surface area contributed by atoms with Crippen LogP contribution in [0.5, 0.6) is 0 Å². The van der Waals surface area contributed by atoms with E-state index >= 15 is 0 Å². The number of nitrogens with one attached hydrogen (secondary N) is 1. The Morgan fingerprint density at radius 2 is 2.05 bits per heavy atom. The maximum absolute atomic E-state index is 12.0. The van der Waals surface area contributed by atoms with Crippen LogP contribution < -0.4 is 11.3 Å². The molecule has 0 spiro atoms. The van der Waals surface area contributed by atoms with Crippen LogP contribution in [0.3, 0.4) is 0 Å². The summed E-state index contributed by atoms with van der Waals surface area (Å²) >= 11 is 0. The van der Waals surface area contributed by atoms with Crippen molar-refractivity contribution >= 4 is 10.8 Å². The Bertz CT molecular complexity index is 545. The van der Waals surface area contributed by atoms with Crippen molar-refractivity contribution in [1.82, 2.24) is 10.4 Å². The first-order chi connectivity index (χ1) is 9.72. The molecule has 6 heteroatoms. The van der Waals surface area contributed by atoms with Gasteiger partial charge in [-0.15, -0.1) is 0 Å². The van der Waals surface area contributed by atoms with Crippen LogP contribution in [0, 0.1) is 0 Å². The minimum atomic E-state index is -2.45. The third-order valence-corrected chi connectivity index (χ3v) is 3.07. The van der Waals surface area contributed by atoms with Gasteiger partial charge in [0.25, 0.3) is 6.43 Å². The van der Waals surface area contributed by atoms with Gasteiger partial charge in [-0.05, 0) is 17.4 Å². The van der Waals surface area contributed by atoms with Crippen LogP contribution in [-0.4, -0.2) is 24.6 Å². The number of rotatable bonds is 7. The summed E-state index contributed by atoms with van der Waals surface area (Å²) in [4.78, 5) is 4.18. The molecule has 0 bridgehead atoms. The molecule has 2 rings (SSSR count). The van der Waals surface area contributed by atoms with Crippen LogP contribution in [-0.2, 0) is 4.74 Å². The van der Waals surface area contributed by atoms with Crippen molar-refractivity contribution in [1.29, 1.82) is 0 Å². The summed E-state index contributed by atoms with van der Waals surface area (Å²) in [6.07, 6.45) is 1.57. The molecular weight excluding hydrogens is 264 g/mol. The number of hydrogen-bond acceptors (Lipinski definition) is 4. The number of pyridine rings is 1. The third kappa shape index (κ3) is 3.69. The Balaban J connectivity index is 2.09. The molecule has 0 radical (unpaired) electrons. The Morgan fingerprint density at radius 1 is 1.25 bits per heavy atom. The molecule has 2 aromatic rings. The molecule has 0 fully saturated rings. The molecule has 0 amide bonds. The second-order valence-electron chi connectivity index (χ2n) is 4.42. The van der Waals surface area contributed by atoms with E-state index in [1.54, 1.807) is 12.4 Å². The number of ether oxygens (including phenoxy) is 1.